The molecule has 1 rings (SSSR count). The number of para-hydroxylation sites is 1. The smallest absolute Gasteiger partial charge is 0.0313 e. The van der Waals surface area contributed by atoms with Crippen molar-refractivity contribution in [2.45, 2.75) is 26.7 Å². The summed E-state index contributed by atoms with van der Waals surface area (Å²) in [4.78, 5) is 0. The van der Waals surface area contributed by atoms with Crippen molar-refractivity contribution in [1.29, 1.82) is 0 Å². The monoisotopic (exact) mass is 194 g/mol. The molecule has 1 aromatic rings. The van der Waals surface area contributed by atoms with Crippen molar-refractivity contribution in [3.63, 3.8) is 0 Å². The van der Waals surface area contributed by atoms with Gasteiger partial charge in [0, 0.05) is 5.69 Å². The van der Waals surface area contributed by atoms with Crippen LogP contribution in [0.1, 0.15) is 26.7 Å². The summed E-state index contributed by atoms with van der Waals surface area (Å²) < 4.78 is 0. The van der Waals surface area contributed by atoms with Gasteiger partial charge in [0.2, 0.25) is 0 Å². The highest BCUT2D eigenvalue weighted by atomic mass is 14.5. The molecule has 0 amide bonds. The number of hydrogen-bond acceptors (Lipinski definition) is 2. The van der Waals surface area contributed by atoms with Crippen LogP contribution >= 0.6 is 0 Å². The van der Waals surface area contributed by atoms with Gasteiger partial charge in [-0.3, -0.25) is 0 Å². The standard InChI is InChI=1S/C6H7N.C6H15N/c7-6-4-2-1-3-5-6;1-3-6(4-2)5-7/h1-5H,7H2;6H,3-5,7H2,1-2H3. The summed E-state index contributed by atoms with van der Waals surface area (Å²) in [6.45, 7) is 5.22. The maximum Gasteiger partial charge on any atom is 0.0313 e. The Balaban J connectivity index is 0.000000241. The van der Waals surface area contributed by atoms with Crippen molar-refractivity contribution >= 4 is 5.69 Å². The minimum absolute atomic E-state index is 0.764. The lowest BCUT2D eigenvalue weighted by molar-refractivity contribution is 0.505. The Bertz CT molecular complexity index is 199. The van der Waals surface area contributed by atoms with Gasteiger partial charge in [0.15, 0.2) is 0 Å². The minimum Gasteiger partial charge on any atom is -0.399 e. The molecule has 0 aromatic heterocycles. The molecule has 0 fully saturated rings. The Morgan fingerprint density at radius 2 is 1.57 bits per heavy atom. The van der Waals surface area contributed by atoms with Gasteiger partial charge in [0.25, 0.3) is 0 Å². The Morgan fingerprint density at radius 1 is 1.07 bits per heavy atom. The topological polar surface area (TPSA) is 52.0 Å². The van der Waals surface area contributed by atoms with Gasteiger partial charge < -0.3 is 11.5 Å². The first-order valence-electron chi connectivity index (χ1n) is 5.25. The second kappa shape index (κ2) is 8.57. The lowest BCUT2D eigenvalue weighted by Gasteiger charge is -2.05. The lowest BCUT2D eigenvalue weighted by Crippen LogP contribution is -2.11. The molecular formula is C12H22N2. The average Bonchev–Trinajstić information content (AvgIpc) is 2.22. The first-order valence-corrected chi connectivity index (χ1v) is 5.25. The molecule has 0 unspecified atom stereocenters. The number of anilines is 1. The van der Waals surface area contributed by atoms with Crippen molar-refractivity contribution < 1.29 is 0 Å². The number of benzene rings is 1. The summed E-state index contributed by atoms with van der Waals surface area (Å²) in [7, 11) is 0. The van der Waals surface area contributed by atoms with E-state index in [0.29, 0.717) is 0 Å². The summed E-state index contributed by atoms with van der Waals surface area (Å²) in [5, 5.41) is 0. The molecule has 0 bridgehead atoms. The predicted molar refractivity (Wildman–Crippen MR) is 64.0 cm³/mol. The number of rotatable bonds is 3. The highest BCUT2D eigenvalue weighted by Crippen LogP contribution is 2.02. The molecule has 1 aromatic carbocycles. The Morgan fingerprint density at radius 3 is 1.71 bits per heavy atom. The highest BCUT2D eigenvalue weighted by molar-refractivity contribution is 5.35. The first-order chi connectivity index (χ1) is 6.74. The number of nitrogens with two attached hydrogens (primary N) is 2. The van der Waals surface area contributed by atoms with Gasteiger partial charge in [-0.05, 0) is 24.6 Å². The highest BCUT2D eigenvalue weighted by Gasteiger charge is 1.96. The molecule has 80 valence electrons. The maximum absolute atomic E-state index is 5.39. The predicted octanol–water partition coefficient (Wildman–Crippen LogP) is 2.65. The van der Waals surface area contributed by atoms with Crippen molar-refractivity contribution in [2.24, 2.45) is 11.7 Å². The summed E-state index contributed by atoms with van der Waals surface area (Å²) >= 11 is 0. The third-order valence-corrected chi connectivity index (χ3v) is 2.29. The van der Waals surface area contributed by atoms with Crippen molar-refractivity contribution in [2.75, 3.05) is 12.3 Å². The zero-order chi connectivity index (χ0) is 10.8. The number of nitrogen functional groups attached to an aromatic ring is 1. The van der Waals surface area contributed by atoms with Crippen LogP contribution in [0.3, 0.4) is 0 Å². The van der Waals surface area contributed by atoms with Gasteiger partial charge in [0.1, 0.15) is 0 Å². The van der Waals surface area contributed by atoms with Crippen LogP contribution in [0.5, 0.6) is 0 Å². The zero-order valence-corrected chi connectivity index (χ0v) is 9.24. The van der Waals surface area contributed by atoms with E-state index in [4.69, 9.17) is 11.5 Å². The molecule has 2 nitrogen and oxygen atoms in total. The normalized spacial score (nSPS) is 9.43. The SMILES string of the molecule is CCC(CC)CN.Nc1ccccc1. The van der Waals surface area contributed by atoms with Crippen LogP contribution in [-0.4, -0.2) is 6.54 Å². The van der Waals surface area contributed by atoms with Gasteiger partial charge in [0.05, 0.1) is 0 Å². The van der Waals surface area contributed by atoms with E-state index >= 15 is 0 Å². The molecule has 0 saturated carbocycles. The Kier molecular flexibility index (Phi) is 7.95. The Labute approximate surface area is 87.3 Å². The van der Waals surface area contributed by atoms with Crippen LogP contribution in [0.25, 0.3) is 0 Å². The van der Waals surface area contributed by atoms with E-state index in [1.54, 1.807) is 0 Å². The molecule has 14 heavy (non-hydrogen) atoms. The van der Waals surface area contributed by atoms with E-state index in [1.165, 1.54) is 12.8 Å². The van der Waals surface area contributed by atoms with Gasteiger partial charge in [-0.15, -0.1) is 0 Å². The molecule has 2 heteroatoms. The van der Waals surface area contributed by atoms with Crippen LogP contribution in [0.4, 0.5) is 5.69 Å². The van der Waals surface area contributed by atoms with E-state index in [0.717, 1.165) is 18.2 Å². The van der Waals surface area contributed by atoms with Crippen molar-refractivity contribution in [1.82, 2.24) is 0 Å². The molecule has 0 aliphatic carbocycles. The quantitative estimate of drug-likeness (QED) is 0.727. The largest absolute Gasteiger partial charge is 0.399 e. The molecule has 0 aliphatic heterocycles. The van der Waals surface area contributed by atoms with Crippen LogP contribution in [0.2, 0.25) is 0 Å². The van der Waals surface area contributed by atoms with Crippen molar-refractivity contribution in [3.8, 4) is 0 Å². The molecule has 0 heterocycles. The van der Waals surface area contributed by atoms with E-state index in [-0.39, 0.29) is 0 Å². The Hall–Kier alpha value is -1.02. The van der Waals surface area contributed by atoms with E-state index < -0.39 is 0 Å². The maximum atomic E-state index is 5.39. The minimum atomic E-state index is 0.764. The van der Waals surface area contributed by atoms with Gasteiger partial charge in [-0.2, -0.15) is 0 Å². The van der Waals surface area contributed by atoms with Gasteiger partial charge in [-0.1, -0.05) is 44.9 Å². The average molecular weight is 194 g/mol. The molecule has 0 spiro atoms. The van der Waals surface area contributed by atoms with Crippen molar-refractivity contribution in [3.05, 3.63) is 30.3 Å². The number of hydrogen-bond donors (Lipinski definition) is 2. The fourth-order valence-electron chi connectivity index (χ4n) is 1.08. The van der Waals surface area contributed by atoms with Crippen LogP contribution in [-0.2, 0) is 0 Å². The lowest BCUT2D eigenvalue weighted by atomic mass is 10.0. The van der Waals surface area contributed by atoms with Crippen LogP contribution < -0.4 is 11.5 Å². The first kappa shape index (κ1) is 13.0. The fourth-order valence-corrected chi connectivity index (χ4v) is 1.08. The molecule has 0 saturated heterocycles. The molecule has 4 N–H and O–H groups in total. The van der Waals surface area contributed by atoms with E-state index in [2.05, 4.69) is 13.8 Å². The van der Waals surface area contributed by atoms with Crippen LogP contribution in [0, 0.1) is 5.92 Å². The van der Waals surface area contributed by atoms with Gasteiger partial charge >= 0.3 is 0 Å². The van der Waals surface area contributed by atoms with Gasteiger partial charge in [-0.25, -0.2) is 0 Å². The third-order valence-electron chi connectivity index (χ3n) is 2.29. The second-order valence-electron chi connectivity index (χ2n) is 3.33. The van der Waals surface area contributed by atoms with Crippen LogP contribution in [0.15, 0.2) is 30.3 Å². The van der Waals surface area contributed by atoms with E-state index in [1.807, 2.05) is 30.3 Å². The fraction of sp³-hybridized carbons (Fsp3) is 0.500. The second-order valence-corrected chi connectivity index (χ2v) is 3.33. The molecular weight excluding hydrogens is 172 g/mol. The zero-order valence-electron chi connectivity index (χ0n) is 9.24. The summed E-state index contributed by atoms with van der Waals surface area (Å²) in [5.41, 5.74) is 11.6. The summed E-state index contributed by atoms with van der Waals surface area (Å²) in [6.07, 6.45) is 2.46. The molecule has 0 aliphatic rings. The molecule has 0 radical (unpaired) electrons. The molecule has 0 atom stereocenters. The van der Waals surface area contributed by atoms with E-state index in [9.17, 15) is 0 Å². The third kappa shape index (κ3) is 6.49. The summed E-state index contributed by atoms with van der Waals surface area (Å²) in [5.74, 6) is 0.764. The summed E-state index contributed by atoms with van der Waals surface area (Å²) in [6, 6.07) is 9.49.